The van der Waals surface area contributed by atoms with Gasteiger partial charge in [-0.05, 0) is 145 Å². The zero-order chi connectivity index (χ0) is 32.7. The van der Waals surface area contributed by atoms with Crippen LogP contribution in [0.5, 0.6) is 0 Å². The van der Waals surface area contributed by atoms with Gasteiger partial charge in [0.05, 0.1) is 0 Å². The fourth-order valence-electron chi connectivity index (χ4n) is 13.1. The minimum absolute atomic E-state index is 0. The second-order valence-electron chi connectivity index (χ2n) is 20.8. The first-order valence-corrected chi connectivity index (χ1v) is 22.6. The van der Waals surface area contributed by atoms with Crippen molar-refractivity contribution < 1.29 is 17.1 Å². The van der Waals surface area contributed by atoms with Crippen LogP contribution in [-0.2, 0) is 34.8 Å². The molecule has 8 aliphatic carbocycles. The molecule has 8 aliphatic rings. The van der Waals surface area contributed by atoms with Gasteiger partial charge in [0, 0.05) is 0 Å². The first-order valence-electron chi connectivity index (χ1n) is 19.5. The van der Waals surface area contributed by atoms with Crippen molar-refractivity contribution in [3.63, 3.8) is 0 Å². The number of rotatable bonds is 6. The zero-order valence-electron chi connectivity index (χ0n) is 31.7. The third-order valence-electron chi connectivity index (χ3n) is 14.0. The fraction of sp³-hybridized carbons (Fsp3) is 0.773. The van der Waals surface area contributed by atoms with E-state index in [1.165, 1.54) is 17.9 Å². The predicted molar refractivity (Wildman–Crippen MR) is 205 cm³/mol. The molecule has 0 nitrogen and oxygen atoms in total. The SMILES string of the molecule is CC(C)(C)P(Cc1[cH-]ccc1CP(C12CC3CC(CC(C3)C1)C2)C12CC3CC(CC(C3)C1)C2)C(C)(C)C.CC(C)(C)c1ccc[cH-]1.[Fe+2]. The maximum Gasteiger partial charge on any atom is 2.00 e. The van der Waals surface area contributed by atoms with Gasteiger partial charge in [0.1, 0.15) is 0 Å². The molecule has 47 heavy (non-hydrogen) atoms. The van der Waals surface area contributed by atoms with Gasteiger partial charge in [-0.2, -0.15) is 41.0 Å². The van der Waals surface area contributed by atoms with Crippen LogP contribution >= 0.6 is 15.8 Å². The molecule has 0 heterocycles. The molecule has 8 bridgehead atoms. The van der Waals surface area contributed by atoms with Crippen molar-refractivity contribution in [2.75, 3.05) is 0 Å². The van der Waals surface area contributed by atoms with Gasteiger partial charge in [0.15, 0.2) is 0 Å². The summed E-state index contributed by atoms with van der Waals surface area (Å²) in [6.07, 6.45) is 22.3. The largest absolute Gasteiger partial charge is 2.00 e. The Bertz CT molecular complexity index is 1200. The Morgan fingerprint density at radius 3 is 1.34 bits per heavy atom. The summed E-state index contributed by atoms with van der Waals surface area (Å²) in [5.41, 5.74) is 5.32. The van der Waals surface area contributed by atoms with Crippen LogP contribution in [0.15, 0.2) is 42.5 Å². The molecule has 3 heteroatoms. The third kappa shape index (κ3) is 7.52. The molecule has 2 aromatic carbocycles. The second kappa shape index (κ2) is 13.2. The Labute approximate surface area is 303 Å². The fourth-order valence-corrected chi connectivity index (χ4v) is 21.9. The standard InChI is InChI=1S/C35H55P2.C9H13.Fe/c1-32(2,3)36(33(4,5)6)22-30-8-7-9-31(30)23-37(34-16-24-10-25(17-34)12-26(11-24)18-34)35-19-27-13-28(20-35)15-29(14-27)21-35;1-9(2,3)8-6-4-5-7-8;/h7-9,24-29H,10-23H2,1-6H3;4-7H,1-3H3;/q2*-1;+2. The molecular formula is C44H68FeP2. The summed E-state index contributed by atoms with van der Waals surface area (Å²) < 4.78 is 0. The minimum atomic E-state index is -0.0814. The van der Waals surface area contributed by atoms with Crippen LogP contribution in [0, 0.1) is 35.5 Å². The van der Waals surface area contributed by atoms with E-state index in [9.17, 15) is 0 Å². The van der Waals surface area contributed by atoms with Gasteiger partial charge in [0.25, 0.3) is 0 Å². The Morgan fingerprint density at radius 1 is 0.596 bits per heavy atom. The first kappa shape index (κ1) is 36.9. The summed E-state index contributed by atoms with van der Waals surface area (Å²) >= 11 is 0. The molecule has 0 unspecified atom stereocenters. The number of hydrogen-bond acceptors (Lipinski definition) is 0. The van der Waals surface area contributed by atoms with E-state index in [1.54, 1.807) is 82.6 Å². The topological polar surface area (TPSA) is 0 Å². The molecule has 0 N–H and O–H groups in total. The molecular weight excluding hydrogens is 646 g/mol. The molecule has 0 saturated heterocycles. The van der Waals surface area contributed by atoms with Gasteiger partial charge in [-0.25, -0.2) is 18.2 Å². The van der Waals surface area contributed by atoms with Crippen LogP contribution in [-0.4, -0.2) is 20.6 Å². The van der Waals surface area contributed by atoms with E-state index < -0.39 is 0 Å². The monoisotopic (exact) mass is 714 g/mol. The van der Waals surface area contributed by atoms with E-state index in [2.05, 4.69) is 105 Å². The van der Waals surface area contributed by atoms with E-state index in [1.807, 2.05) is 5.56 Å². The number of hydrogen-bond donors (Lipinski definition) is 0. The van der Waals surface area contributed by atoms with Crippen LogP contribution in [0.4, 0.5) is 0 Å². The molecule has 8 fully saturated rings. The minimum Gasteiger partial charge on any atom is -0.213 e. The molecule has 0 amide bonds. The molecule has 0 aromatic heterocycles. The zero-order valence-corrected chi connectivity index (χ0v) is 34.5. The van der Waals surface area contributed by atoms with Crippen molar-refractivity contribution in [3.05, 3.63) is 59.2 Å². The first-order chi connectivity index (χ1) is 21.5. The van der Waals surface area contributed by atoms with Crippen LogP contribution in [0.3, 0.4) is 0 Å². The second-order valence-corrected chi connectivity index (χ2v) is 27.7. The average molecular weight is 715 g/mol. The summed E-state index contributed by atoms with van der Waals surface area (Å²) in [5, 5.41) is 2.32. The van der Waals surface area contributed by atoms with Crippen molar-refractivity contribution in [2.24, 2.45) is 35.5 Å². The van der Waals surface area contributed by atoms with Crippen LogP contribution in [0.2, 0.25) is 0 Å². The van der Waals surface area contributed by atoms with Crippen molar-refractivity contribution in [2.45, 2.75) is 178 Å². The van der Waals surface area contributed by atoms with Crippen LogP contribution in [0.25, 0.3) is 0 Å². The molecule has 2 aromatic rings. The molecule has 10 rings (SSSR count). The van der Waals surface area contributed by atoms with Crippen molar-refractivity contribution >= 4 is 15.8 Å². The van der Waals surface area contributed by atoms with E-state index in [4.69, 9.17) is 0 Å². The molecule has 262 valence electrons. The Kier molecular flexibility index (Phi) is 10.4. The normalized spacial score (nSPS) is 36.3. The summed E-state index contributed by atoms with van der Waals surface area (Å²) in [6.45, 7) is 21.8. The van der Waals surface area contributed by atoms with Crippen molar-refractivity contribution in [3.8, 4) is 0 Å². The van der Waals surface area contributed by atoms with E-state index in [0.29, 0.717) is 15.7 Å². The summed E-state index contributed by atoms with van der Waals surface area (Å²) in [5.74, 6) is 6.58. The van der Waals surface area contributed by atoms with Crippen LogP contribution < -0.4 is 0 Å². The maximum absolute atomic E-state index is 2.62. The van der Waals surface area contributed by atoms with E-state index in [0.717, 1.165) is 45.8 Å². The summed E-state index contributed by atoms with van der Waals surface area (Å²) in [7, 11) is -0.0310. The van der Waals surface area contributed by atoms with Gasteiger partial charge in [-0.1, -0.05) is 76.4 Å². The average Bonchev–Trinajstić information content (AvgIpc) is 3.60. The van der Waals surface area contributed by atoms with E-state index >= 15 is 0 Å². The van der Waals surface area contributed by atoms with Crippen LogP contribution in [0.1, 0.15) is 156 Å². The summed E-state index contributed by atoms with van der Waals surface area (Å²) in [4.78, 5) is 0. The predicted octanol–water partition coefficient (Wildman–Crippen LogP) is 13.6. The summed E-state index contributed by atoms with van der Waals surface area (Å²) in [6, 6.07) is 16.1. The Balaban J connectivity index is 0.000000337. The third-order valence-corrected chi connectivity index (χ3v) is 21.9. The molecule has 0 radical (unpaired) electrons. The van der Waals surface area contributed by atoms with Gasteiger partial charge in [-0.3, -0.25) is 0 Å². The Morgan fingerprint density at radius 2 is 1.02 bits per heavy atom. The molecule has 0 atom stereocenters. The van der Waals surface area contributed by atoms with Gasteiger partial charge < -0.3 is 0 Å². The van der Waals surface area contributed by atoms with Crippen molar-refractivity contribution in [1.82, 2.24) is 0 Å². The maximum atomic E-state index is 2.62. The van der Waals surface area contributed by atoms with Gasteiger partial charge in [0.2, 0.25) is 0 Å². The van der Waals surface area contributed by atoms with Gasteiger partial charge in [-0.15, -0.1) is 7.92 Å². The quantitative estimate of drug-likeness (QED) is 0.159. The molecule has 8 saturated carbocycles. The smallest absolute Gasteiger partial charge is 0.213 e. The van der Waals surface area contributed by atoms with E-state index in [-0.39, 0.29) is 32.9 Å². The van der Waals surface area contributed by atoms with Crippen molar-refractivity contribution in [1.29, 1.82) is 0 Å². The molecule has 0 aliphatic heterocycles. The Hall–Kier alpha value is 0.0795. The molecule has 0 spiro atoms. The van der Waals surface area contributed by atoms with Gasteiger partial charge >= 0.3 is 17.1 Å².